The zero-order valence-electron chi connectivity index (χ0n) is 13.1. The Bertz CT molecular complexity index is 1110. The van der Waals surface area contributed by atoms with Crippen molar-refractivity contribution in [1.82, 2.24) is 9.78 Å². The van der Waals surface area contributed by atoms with Gasteiger partial charge in [-0.25, -0.2) is 4.68 Å². The Labute approximate surface area is 139 Å². The van der Waals surface area contributed by atoms with Gasteiger partial charge in [-0.15, -0.1) is 0 Å². The van der Waals surface area contributed by atoms with Crippen LogP contribution in [-0.2, 0) is 4.74 Å². The summed E-state index contributed by atoms with van der Waals surface area (Å²) in [6.45, 7) is 0.817. The first kappa shape index (κ1) is 12.7. The molecule has 4 aromatic rings. The van der Waals surface area contributed by atoms with Crippen LogP contribution >= 0.6 is 0 Å². The molecule has 3 nitrogen and oxygen atoms in total. The second-order valence-electron chi connectivity index (χ2n) is 6.72. The second-order valence-corrected chi connectivity index (χ2v) is 6.72. The first-order valence-corrected chi connectivity index (χ1v) is 8.53. The van der Waals surface area contributed by atoms with Crippen LogP contribution in [0.3, 0.4) is 0 Å². The molecular formula is C21H16N2O. The molecule has 1 fully saturated rings. The molecule has 24 heavy (non-hydrogen) atoms. The van der Waals surface area contributed by atoms with E-state index in [1.165, 1.54) is 33.1 Å². The van der Waals surface area contributed by atoms with Crippen molar-refractivity contribution in [1.29, 1.82) is 0 Å². The fourth-order valence-corrected chi connectivity index (χ4v) is 4.52. The lowest BCUT2D eigenvalue weighted by Gasteiger charge is -2.29. The average molecular weight is 312 g/mol. The van der Waals surface area contributed by atoms with Crippen molar-refractivity contribution < 1.29 is 4.74 Å². The van der Waals surface area contributed by atoms with Crippen LogP contribution in [0.2, 0.25) is 0 Å². The van der Waals surface area contributed by atoms with Gasteiger partial charge in [0.1, 0.15) is 0 Å². The van der Waals surface area contributed by atoms with E-state index in [0.29, 0.717) is 5.92 Å². The zero-order valence-corrected chi connectivity index (χ0v) is 13.1. The van der Waals surface area contributed by atoms with Gasteiger partial charge in [0.2, 0.25) is 0 Å². The Morgan fingerprint density at radius 1 is 0.917 bits per heavy atom. The van der Waals surface area contributed by atoms with Crippen molar-refractivity contribution in [3.05, 3.63) is 71.9 Å². The molecule has 0 amide bonds. The highest BCUT2D eigenvalue weighted by atomic mass is 16.5. The quantitative estimate of drug-likeness (QED) is 0.469. The van der Waals surface area contributed by atoms with Crippen molar-refractivity contribution in [2.45, 2.75) is 18.4 Å². The normalized spacial score (nSPS) is 21.7. The molecule has 3 heteroatoms. The van der Waals surface area contributed by atoms with Gasteiger partial charge >= 0.3 is 0 Å². The summed E-state index contributed by atoms with van der Waals surface area (Å²) in [5.74, 6) is 0.385. The molecule has 0 N–H and O–H groups in total. The maximum absolute atomic E-state index is 6.23. The van der Waals surface area contributed by atoms with Gasteiger partial charge in [-0.05, 0) is 29.3 Å². The Balaban J connectivity index is 1.79. The summed E-state index contributed by atoms with van der Waals surface area (Å²) in [6.07, 6.45) is 1.20. The van der Waals surface area contributed by atoms with Crippen LogP contribution in [0.15, 0.2) is 60.7 Å². The van der Waals surface area contributed by atoms with Crippen LogP contribution in [0.5, 0.6) is 0 Å². The number of nitrogens with zero attached hydrogens (tertiary/aromatic N) is 2. The third kappa shape index (κ3) is 1.48. The Kier molecular flexibility index (Phi) is 2.36. The molecule has 1 aromatic heterocycles. The van der Waals surface area contributed by atoms with E-state index in [1.54, 1.807) is 0 Å². The van der Waals surface area contributed by atoms with E-state index in [0.717, 1.165) is 18.5 Å². The summed E-state index contributed by atoms with van der Waals surface area (Å²) in [7, 11) is 0. The molecule has 0 saturated carbocycles. The predicted molar refractivity (Wildman–Crippen MR) is 94.6 cm³/mol. The first-order valence-electron chi connectivity index (χ1n) is 8.53. The van der Waals surface area contributed by atoms with Crippen molar-refractivity contribution in [3.8, 4) is 5.69 Å². The minimum absolute atomic E-state index is 0.138. The molecule has 0 radical (unpaired) electrons. The number of benzene rings is 3. The minimum Gasteiger partial charge on any atom is -0.373 e. The molecule has 1 saturated heterocycles. The summed E-state index contributed by atoms with van der Waals surface area (Å²) in [6, 6.07) is 21.4. The van der Waals surface area contributed by atoms with Gasteiger partial charge in [-0.2, -0.15) is 5.10 Å². The van der Waals surface area contributed by atoms with Crippen LogP contribution in [-0.4, -0.2) is 16.4 Å². The molecule has 2 atom stereocenters. The number of aromatic nitrogens is 2. The third-order valence-electron chi connectivity index (χ3n) is 5.52. The Morgan fingerprint density at radius 2 is 1.75 bits per heavy atom. The van der Waals surface area contributed by atoms with Crippen molar-refractivity contribution >= 4 is 21.7 Å². The van der Waals surface area contributed by atoms with E-state index in [9.17, 15) is 0 Å². The smallest absolute Gasteiger partial charge is 0.0936 e. The monoisotopic (exact) mass is 312 g/mol. The van der Waals surface area contributed by atoms with Crippen molar-refractivity contribution in [2.75, 3.05) is 6.61 Å². The molecule has 116 valence electrons. The van der Waals surface area contributed by atoms with Gasteiger partial charge < -0.3 is 4.74 Å². The lowest BCUT2D eigenvalue weighted by Crippen LogP contribution is -2.20. The maximum Gasteiger partial charge on any atom is 0.0936 e. The fourth-order valence-electron chi connectivity index (χ4n) is 4.52. The number of ether oxygens (including phenoxy) is 1. The van der Waals surface area contributed by atoms with Gasteiger partial charge in [0.25, 0.3) is 0 Å². The molecule has 2 aliphatic rings. The SMILES string of the molecule is c1ccc2c3c(ccc2c1)-n1nc2ccccc2c1C1CCOC31. The predicted octanol–water partition coefficient (Wildman–Crippen LogP) is 4.74. The minimum atomic E-state index is 0.138. The lowest BCUT2D eigenvalue weighted by molar-refractivity contribution is 0.102. The molecule has 6 rings (SSSR count). The van der Waals surface area contributed by atoms with Crippen LogP contribution in [0.4, 0.5) is 0 Å². The molecular weight excluding hydrogens is 296 g/mol. The lowest BCUT2D eigenvalue weighted by atomic mass is 9.84. The fraction of sp³-hybridized carbons (Fsp3) is 0.190. The average Bonchev–Trinajstić information content (AvgIpc) is 3.25. The largest absolute Gasteiger partial charge is 0.373 e. The van der Waals surface area contributed by atoms with Crippen molar-refractivity contribution in [2.24, 2.45) is 0 Å². The van der Waals surface area contributed by atoms with Crippen LogP contribution in [0.1, 0.15) is 29.7 Å². The molecule has 2 unspecified atom stereocenters. The van der Waals surface area contributed by atoms with E-state index in [2.05, 4.69) is 65.3 Å². The summed E-state index contributed by atoms with van der Waals surface area (Å²) >= 11 is 0. The molecule has 3 aromatic carbocycles. The maximum atomic E-state index is 6.23. The number of fused-ring (bicyclic) bond motifs is 10. The van der Waals surface area contributed by atoms with Gasteiger partial charge in [0.05, 0.1) is 23.0 Å². The van der Waals surface area contributed by atoms with Crippen LogP contribution in [0.25, 0.3) is 27.4 Å². The first-order chi connectivity index (χ1) is 11.9. The third-order valence-corrected chi connectivity index (χ3v) is 5.52. The molecule has 3 heterocycles. The van der Waals surface area contributed by atoms with E-state index < -0.39 is 0 Å². The van der Waals surface area contributed by atoms with E-state index in [4.69, 9.17) is 9.84 Å². The summed E-state index contributed by atoms with van der Waals surface area (Å²) in [4.78, 5) is 0. The van der Waals surface area contributed by atoms with Gasteiger partial charge in [-0.1, -0.05) is 48.5 Å². The highest BCUT2D eigenvalue weighted by Gasteiger charge is 2.41. The molecule has 2 aliphatic heterocycles. The standard InChI is InChI=1S/C21H16N2O/c1-2-6-14-13(5-1)9-10-18-19(14)21-16(11-12-24-21)20-15-7-3-4-8-17(15)22-23(18)20/h1-10,16,21H,11-12H2. The van der Waals surface area contributed by atoms with Crippen LogP contribution < -0.4 is 0 Å². The topological polar surface area (TPSA) is 27.1 Å². The van der Waals surface area contributed by atoms with E-state index in [-0.39, 0.29) is 6.10 Å². The van der Waals surface area contributed by atoms with Crippen LogP contribution in [0, 0.1) is 0 Å². The second kappa shape index (κ2) is 4.46. The van der Waals surface area contributed by atoms with Gasteiger partial charge in [-0.3, -0.25) is 0 Å². The van der Waals surface area contributed by atoms with Gasteiger partial charge in [0.15, 0.2) is 0 Å². The Morgan fingerprint density at radius 3 is 2.71 bits per heavy atom. The van der Waals surface area contributed by atoms with E-state index >= 15 is 0 Å². The summed E-state index contributed by atoms with van der Waals surface area (Å²) in [5, 5.41) is 8.74. The van der Waals surface area contributed by atoms with E-state index in [1.807, 2.05) is 0 Å². The summed E-state index contributed by atoms with van der Waals surface area (Å²) < 4.78 is 8.39. The highest BCUT2D eigenvalue weighted by molar-refractivity contribution is 5.91. The molecule has 0 spiro atoms. The summed E-state index contributed by atoms with van der Waals surface area (Å²) in [5.41, 5.74) is 4.86. The van der Waals surface area contributed by atoms with Crippen molar-refractivity contribution in [3.63, 3.8) is 0 Å². The number of rotatable bonds is 0. The van der Waals surface area contributed by atoms with Gasteiger partial charge in [0, 0.05) is 23.5 Å². The molecule has 0 aliphatic carbocycles. The highest BCUT2D eigenvalue weighted by Crippen LogP contribution is 2.51. The zero-order chi connectivity index (χ0) is 15.7. The number of hydrogen-bond donors (Lipinski definition) is 0. The Hall–Kier alpha value is -2.65. The molecule has 0 bridgehead atoms. The number of hydrogen-bond acceptors (Lipinski definition) is 2.